The van der Waals surface area contributed by atoms with Gasteiger partial charge in [-0.05, 0) is 78.2 Å². The Morgan fingerprint density at radius 2 is 1.25 bits per heavy atom. The van der Waals surface area contributed by atoms with Crippen molar-refractivity contribution in [3.05, 3.63) is 146 Å². The van der Waals surface area contributed by atoms with Gasteiger partial charge in [0.25, 0.3) is 0 Å². The van der Waals surface area contributed by atoms with Gasteiger partial charge in [-0.3, -0.25) is 4.40 Å². The molecule has 210 valence electrons. The van der Waals surface area contributed by atoms with Crippen LogP contribution in [0.2, 0.25) is 0 Å². The molecule has 8 aromatic rings. The molecule has 0 radical (unpaired) electrons. The number of anilines is 6. The van der Waals surface area contributed by atoms with E-state index in [1.54, 1.807) is 0 Å². The second kappa shape index (κ2) is 9.61. The van der Waals surface area contributed by atoms with E-state index < -0.39 is 0 Å². The molecule has 9 rings (SSSR count). The second-order valence-corrected chi connectivity index (χ2v) is 11.5. The van der Waals surface area contributed by atoms with Gasteiger partial charge in [0.15, 0.2) is 0 Å². The molecule has 44 heavy (non-hydrogen) atoms. The molecule has 5 nitrogen and oxygen atoms in total. The number of fused-ring (bicyclic) bond motifs is 9. The van der Waals surface area contributed by atoms with Crippen molar-refractivity contribution in [2.24, 2.45) is 0 Å². The number of hydrogen-bond donors (Lipinski definition) is 0. The third-order valence-electron chi connectivity index (χ3n) is 8.85. The Kier molecular flexibility index (Phi) is 5.41. The van der Waals surface area contributed by atoms with Crippen LogP contribution in [0.15, 0.2) is 146 Å². The summed E-state index contributed by atoms with van der Waals surface area (Å²) in [6.45, 7) is 0.808. The molecule has 0 amide bonds. The summed E-state index contributed by atoms with van der Waals surface area (Å²) in [5.41, 5.74) is 11.2. The molecule has 0 bridgehead atoms. The summed E-state index contributed by atoms with van der Waals surface area (Å²) in [6.07, 6.45) is 0. The van der Waals surface area contributed by atoms with Crippen LogP contribution in [0, 0.1) is 0 Å². The van der Waals surface area contributed by atoms with Gasteiger partial charge in [0.05, 0.1) is 34.6 Å². The lowest BCUT2D eigenvalue weighted by molar-refractivity contribution is 0.949. The third-order valence-corrected chi connectivity index (χ3v) is 8.85. The van der Waals surface area contributed by atoms with Gasteiger partial charge in [-0.15, -0.1) is 0 Å². The van der Waals surface area contributed by atoms with Crippen molar-refractivity contribution < 1.29 is 0 Å². The van der Waals surface area contributed by atoms with Crippen molar-refractivity contribution in [3.63, 3.8) is 0 Å². The third kappa shape index (κ3) is 3.69. The minimum atomic E-state index is 0.808. The summed E-state index contributed by atoms with van der Waals surface area (Å²) in [7, 11) is 2.15. The quantitative estimate of drug-likeness (QED) is 0.198. The van der Waals surface area contributed by atoms with E-state index in [1.165, 1.54) is 27.7 Å². The van der Waals surface area contributed by atoms with Gasteiger partial charge in [0, 0.05) is 40.6 Å². The van der Waals surface area contributed by atoms with E-state index in [4.69, 9.17) is 4.98 Å². The maximum Gasteiger partial charge on any atom is 0.146 e. The molecule has 0 saturated heterocycles. The average Bonchev–Trinajstić information content (AvgIpc) is 3.64. The van der Waals surface area contributed by atoms with Crippen molar-refractivity contribution in [2.75, 3.05) is 28.4 Å². The zero-order chi connectivity index (χ0) is 29.2. The van der Waals surface area contributed by atoms with Gasteiger partial charge in [-0.25, -0.2) is 4.98 Å². The van der Waals surface area contributed by atoms with Crippen LogP contribution in [-0.2, 0) is 0 Å². The Morgan fingerprint density at radius 3 is 2.14 bits per heavy atom. The molecular formula is C39H29N5. The van der Waals surface area contributed by atoms with E-state index in [0.29, 0.717) is 0 Å². The van der Waals surface area contributed by atoms with E-state index in [0.717, 1.165) is 51.5 Å². The van der Waals surface area contributed by atoms with Crippen molar-refractivity contribution in [3.8, 4) is 0 Å². The van der Waals surface area contributed by atoms with Crippen LogP contribution in [0.3, 0.4) is 0 Å². The topological polar surface area (TPSA) is 27.0 Å². The highest BCUT2D eigenvalue weighted by atomic mass is 15.4. The normalized spacial score (nSPS) is 12.9. The van der Waals surface area contributed by atoms with Crippen LogP contribution in [0.25, 0.3) is 38.4 Å². The Hall–Kier alpha value is -5.81. The lowest BCUT2D eigenvalue weighted by Gasteiger charge is -2.28. The summed E-state index contributed by atoms with van der Waals surface area (Å²) in [5, 5.41) is 3.55. The highest BCUT2D eigenvalue weighted by Crippen LogP contribution is 2.43. The standard InChI is InChI=1S/C39H29N5/c1-41-26-42(38-21-10-9-20-37(38)41)28-14-11-15-29(24-28)43(27-12-3-2-4-13-27)30-22-23-31-32-16-5-7-18-35(32)44-36-19-8-6-17-34(36)40-39(44)33(31)25-30/h2-25H,26H2,1H3. The molecule has 0 N–H and O–H groups in total. The number of benzene rings is 6. The first kappa shape index (κ1) is 24.8. The molecular weight excluding hydrogens is 538 g/mol. The van der Waals surface area contributed by atoms with Crippen LogP contribution in [0.4, 0.5) is 34.1 Å². The first-order valence-electron chi connectivity index (χ1n) is 15.0. The molecule has 0 spiro atoms. The molecule has 0 aliphatic carbocycles. The maximum absolute atomic E-state index is 5.17. The maximum atomic E-state index is 5.17. The Balaban J connectivity index is 1.27. The van der Waals surface area contributed by atoms with Crippen molar-refractivity contribution in [1.82, 2.24) is 9.38 Å². The predicted octanol–water partition coefficient (Wildman–Crippen LogP) is 9.81. The van der Waals surface area contributed by atoms with Crippen molar-refractivity contribution >= 4 is 72.5 Å². The van der Waals surface area contributed by atoms with E-state index in [1.807, 2.05) is 0 Å². The first-order chi connectivity index (χ1) is 21.7. The van der Waals surface area contributed by atoms with E-state index in [-0.39, 0.29) is 0 Å². The zero-order valence-electron chi connectivity index (χ0n) is 24.3. The first-order valence-corrected chi connectivity index (χ1v) is 15.0. The zero-order valence-corrected chi connectivity index (χ0v) is 24.3. The number of imidazole rings is 1. The van der Waals surface area contributed by atoms with Crippen LogP contribution in [0.5, 0.6) is 0 Å². The van der Waals surface area contributed by atoms with E-state index >= 15 is 0 Å². The van der Waals surface area contributed by atoms with Crippen LogP contribution >= 0.6 is 0 Å². The van der Waals surface area contributed by atoms with Crippen molar-refractivity contribution in [1.29, 1.82) is 0 Å². The highest BCUT2D eigenvalue weighted by Gasteiger charge is 2.25. The number of rotatable bonds is 4. The van der Waals surface area contributed by atoms with Gasteiger partial charge in [0.2, 0.25) is 0 Å². The Bertz CT molecular complexity index is 2360. The van der Waals surface area contributed by atoms with Gasteiger partial charge < -0.3 is 14.7 Å². The van der Waals surface area contributed by atoms with Gasteiger partial charge in [0.1, 0.15) is 5.65 Å². The van der Waals surface area contributed by atoms with Gasteiger partial charge in [-0.2, -0.15) is 0 Å². The predicted molar refractivity (Wildman–Crippen MR) is 184 cm³/mol. The molecule has 0 unspecified atom stereocenters. The van der Waals surface area contributed by atoms with Crippen LogP contribution in [0.1, 0.15) is 0 Å². The number of hydrogen-bond acceptors (Lipinski definition) is 4. The van der Waals surface area contributed by atoms with Gasteiger partial charge >= 0.3 is 0 Å². The Labute approximate surface area is 255 Å². The monoisotopic (exact) mass is 567 g/mol. The van der Waals surface area contributed by atoms with E-state index in [2.05, 4.69) is 172 Å². The highest BCUT2D eigenvalue weighted by molar-refractivity contribution is 6.14. The fourth-order valence-electron chi connectivity index (χ4n) is 6.86. The molecule has 6 aromatic carbocycles. The molecule has 0 fully saturated rings. The number of para-hydroxylation sites is 6. The molecule has 0 saturated carbocycles. The minimum absolute atomic E-state index is 0.808. The fourth-order valence-corrected chi connectivity index (χ4v) is 6.86. The van der Waals surface area contributed by atoms with Gasteiger partial charge in [-0.1, -0.05) is 72.8 Å². The average molecular weight is 568 g/mol. The lowest BCUT2D eigenvalue weighted by atomic mass is 10.0. The SMILES string of the molecule is CN1CN(c2cccc(N(c3ccccc3)c3ccc4c5ccccc5n5c6ccccc6nc5c4c3)c2)c2ccccc21. The largest absolute Gasteiger partial charge is 0.355 e. The van der Waals surface area contributed by atoms with E-state index in [9.17, 15) is 0 Å². The summed E-state index contributed by atoms with van der Waals surface area (Å²) in [6, 6.07) is 52.0. The molecule has 1 aliphatic heterocycles. The summed E-state index contributed by atoms with van der Waals surface area (Å²) >= 11 is 0. The lowest BCUT2D eigenvalue weighted by Crippen LogP contribution is -2.24. The number of nitrogens with zero attached hydrogens (tertiary/aromatic N) is 5. The minimum Gasteiger partial charge on any atom is -0.355 e. The molecule has 1 aliphatic rings. The van der Waals surface area contributed by atoms with Crippen LogP contribution in [-0.4, -0.2) is 23.1 Å². The summed E-state index contributed by atoms with van der Waals surface area (Å²) in [5.74, 6) is 0. The Morgan fingerprint density at radius 1 is 0.545 bits per heavy atom. The smallest absolute Gasteiger partial charge is 0.146 e. The van der Waals surface area contributed by atoms with Crippen molar-refractivity contribution in [2.45, 2.75) is 0 Å². The number of aromatic nitrogens is 2. The summed E-state index contributed by atoms with van der Waals surface area (Å²) < 4.78 is 2.31. The summed E-state index contributed by atoms with van der Waals surface area (Å²) in [4.78, 5) is 12.2. The molecule has 0 atom stereocenters. The second-order valence-electron chi connectivity index (χ2n) is 11.5. The molecule has 2 aromatic heterocycles. The molecule has 5 heteroatoms. The van der Waals surface area contributed by atoms with Crippen LogP contribution < -0.4 is 14.7 Å². The molecule has 3 heterocycles. The fraction of sp³-hybridized carbons (Fsp3) is 0.0513. The number of pyridine rings is 1.